The summed E-state index contributed by atoms with van der Waals surface area (Å²) in [6.45, 7) is 4.10. The fourth-order valence-corrected chi connectivity index (χ4v) is 1.98. The third-order valence-corrected chi connectivity index (χ3v) is 3.05. The number of aliphatic hydroxyl groups is 1. The first-order valence-corrected chi connectivity index (χ1v) is 6.61. The third kappa shape index (κ3) is 4.38. The lowest BCUT2D eigenvalue weighted by Crippen LogP contribution is -2.33. The normalized spacial score (nSPS) is 12.6. The summed E-state index contributed by atoms with van der Waals surface area (Å²) in [5, 5.41) is 12.1. The van der Waals surface area contributed by atoms with E-state index in [0.29, 0.717) is 12.3 Å². The van der Waals surface area contributed by atoms with Crippen molar-refractivity contribution in [1.29, 1.82) is 0 Å². The molecule has 3 nitrogen and oxygen atoms in total. The van der Waals surface area contributed by atoms with E-state index in [9.17, 15) is 14.3 Å². The first-order chi connectivity index (χ1) is 8.41. The van der Waals surface area contributed by atoms with E-state index in [1.165, 1.54) is 12.1 Å². The molecule has 0 aliphatic rings. The van der Waals surface area contributed by atoms with Gasteiger partial charge in [0.15, 0.2) is 0 Å². The average Bonchev–Trinajstić information content (AvgIpc) is 2.29. The van der Waals surface area contributed by atoms with Gasteiger partial charge in [0.05, 0.1) is 16.1 Å². The van der Waals surface area contributed by atoms with Gasteiger partial charge in [0.1, 0.15) is 5.82 Å². The third-order valence-electron chi connectivity index (χ3n) is 2.44. The number of benzene rings is 1. The molecule has 0 spiro atoms. The lowest BCUT2D eigenvalue weighted by atomic mass is 10.1. The molecule has 0 aliphatic carbocycles. The van der Waals surface area contributed by atoms with Crippen molar-refractivity contribution in [3.63, 3.8) is 0 Å². The van der Waals surface area contributed by atoms with Crippen molar-refractivity contribution in [2.24, 2.45) is 5.92 Å². The topological polar surface area (TPSA) is 49.3 Å². The highest BCUT2D eigenvalue weighted by Gasteiger charge is 2.15. The maximum absolute atomic E-state index is 13.6. The van der Waals surface area contributed by atoms with Gasteiger partial charge in [0.25, 0.3) is 5.91 Å². The molecule has 1 aromatic carbocycles. The van der Waals surface area contributed by atoms with Crippen LogP contribution in [0.5, 0.6) is 0 Å². The van der Waals surface area contributed by atoms with Gasteiger partial charge in [-0.3, -0.25) is 4.79 Å². The molecule has 1 aromatic rings. The fraction of sp³-hybridized carbons (Fsp3) is 0.462. The molecule has 1 unspecified atom stereocenters. The van der Waals surface area contributed by atoms with Crippen LogP contribution in [0.3, 0.4) is 0 Å². The number of carbonyl (C=O) groups is 1. The molecule has 0 heterocycles. The van der Waals surface area contributed by atoms with Crippen LogP contribution in [0.4, 0.5) is 4.39 Å². The second kappa shape index (κ2) is 6.85. The molecule has 0 saturated heterocycles. The molecule has 0 saturated carbocycles. The average molecular weight is 318 g/mol. The Labute approximate surface area is 115 Å². The van der Waals surface area contributed by atoms with Gasteiger partial charge in [0, 0.05) is 6.54 Å². The van der Waals surface area contributed by atoms with Crippen LogP contribution in [0.2, 0.25) is 0 Å². The number of amides is 1. The number of aliphatic hydroxyl groups excluding tert-OH is 1. The summed E-state index contributed by atoms with van der Waals surface area (Å²) in [7, 11) is 0. The zero-order chi connectivity index (χ0) is 13.7. The summed E-state index contributed by atoms with van der Waals surface area (Å²) in [6, 6.07) is 4.52. The second-order valence-electron chi connectivity index (χ2n) is 4.59. The summed E-state index contributed by atoms with van der Waals surface area (Å²) in [4.78, 5) is 11.7. The van der Waals surface area contributed by atoms with Gasteiger partial charge < -0.3 is 10.4 Å². The monoisotopic (exact) mass is 317 g/mol. The molecule has 1 atom stereocenters. The van der Waals surface area contributed by atoms with Gasteiger partial charge in [-0.25, -0.2) is 4.39 Å². The number of carbonyl (C=O) groups excluding carboxylic acids is 1. The van der Waals surface area contributed by atoms with E-state index in [4.69, 9.17) is 0 Å². The van der Waals surface area contributed by atoms with Gasteiger partial charge >= 0.3 is 0 Å². The number of hydrogen-bond acceptors (Lipinski definition) is 2. The van der Waals surface area contributed by atoms with Crippen LogP contribution in [0.25, 0.3) is 0 Å². The number of rotatable bonds is 5. The Morgan fingerprint density at radius 2 is 2.17 bits per heavy atom. The van der Waals surface area contributed by atoms with Crippen LogP contribution in [-0.2, 0) is 0 Å². The Kier molecular flexibility index (Phi) is 5.75. The van der Waals surface area contributed by atoms with Crippen molar-refractivity contribution in [1.82, 2.24) is 5.32 Å². The van der Waals surface area contributed by atoms with Crippen LogP contribution >= 0.6 is 15.9 Å². The largest absolute Gasteiger partial charge is 0.391 e. The van der Waals surface area contributed by atoms with E-state index in [1.54, 1.807) is 6.07 Å². The smallest absolute Gasteiger partial charge is 0.254 e. The molecular weight excluding hydrogens is 301 g/mol. The van der Waals surface area contributed by atoms with E-state index in [-0.39, 0.29) is 16.6 Å². The van der Waals surface area contributed by atoms with Crippen molar-refractivity contribution >= 4 is 21.8 Å². The minimum Gasteiger partial charge on any atom is -0.391 e. The molecule has 0 radical (unpaired) electrons. The van der Waals surface area contributed by atoms with Crippen LogP contribution in [0.1, 0.15) is 30.6 Å². The van der Waals surface area contributed by atoms with Crippen molar-refractivity contribution in [3.8, 4) is 0 Å². The Morgan fingerprint density at radius 1 is 1.50 bits per heavy atom. The van der Waals surface area contributed by atoms with Crippen molar-refractivity contribution in [2.45, 2.75) is 26.4 Å². The van der Waals surface area contributed by atoms with E-state index in [2.05, 4.69) is 21.2 Å². The predicted molar refractivity (Wildman–Crippen MR) is 71.9 cm³/mol. The molecular formula is C13H17BrFNO2. The van der Waals surface area contributed by atoms with Crippen molar-refractivity contribution in [3.05, 3.63) is 34.1 Å². The van der Waals surface area contributed by atoms with E-state index >= 15 is 0 Å². The SMILES string of the molecule is CC(C)CC(O)CNC(=O)c1cccc(Br)c1F. The minimum absolute atomic E-state index is 0.0267. The molecule has 0 bridgehead atoms. The predicted octanol–water partition coefficient (Wildman–Crippen LogP) is 2.73. The number of halogens is 2. The highest BCUT2D eigenvalue weighted by atomic mass is 79.9. The summed E-state index contributed by atoms with van der Waals surface area (Å²) >= 11 is 3.02. The molecule has 0 aromatic heterocycles. The fourth-order valence-electron chi connectivity index (χ4n) is 1.61. The van der Waals surface area contributed by atoms with E-state index < -0.39 is 17.8 Å². The lowest BCUT2D eigenvalue weighted by molar-refractivity contribution is 0.0896. The number of hydrogen-bond donors (Lipinski definition) is 2. The highest BCUT2D eigenvalue weighted by Crippen LogP contribution is 2.18. The molecule has 0 fully saturated rings. The zero-order valence-corrected chi connectivity index (χ0v) is 12.0. The zero-order valence-electron chi connectivity index (χ0n) is 10.4. The molecule has 1 amide bonds. The van der Waals surface area contributed by atoms with Gasteiger partial charge in [-0.15, -0.1) is 0 Å². The minimum atomic E-state index is -0.607. The van der Waals surface area contributed by atoms with Crippen LogP contribution in [-0.4, -0.2) is 23.7 Å². The number of nitrogens with one attached hydrogen (secondary N) is 1. The van der Waals surface area contributed by atoms with Crippen LogP contribution in [0, 0.1) is 11.7 Å². The van der Waals surface area contributed by atoms with Gasteiger partial charge in [0.2, 0.25) is 0 Å². The standard InChI is InChI=1S/C13H17BrFNO2/c1-8(2)6-9(17)7-16-13(18)10-4-3-5-11(14)12(10)15/h3-5,8-9,17H,6-7H2,1-2H3,(H,16,18). The van der Waals surface area contributed by atoms with Crippen LogP contribution in [0.15, 0.2) is 22.7 Å². The van der Waals surface area contributed by atoms with Gasteiger partial charge in [-0.1, -0.05) is 19.9 Å². The van der Waals surface area contributed by atoms with Gasteiger partial charge in [-0.05, 0) is 40.4 Å². The maximum Gasteiger partial charge on any atom is 0.254 e. The summed E-state index contributed by atoms with van der Waals surface area (Å²) < 4.78 is 13.9. The Morgan fingerprint density at radius 3 is 2.78 bits per heavy atom. The van der Waals surface area contributed by atoms with Crippen molar-refractivity contribution in [2.75, 3.05) is 6.54 Å². The quantitative estimate of drug-likeness (QED) is 0.877. The van der Waals surface area contributed by atoms with Crippen molar-refractivity contribution < 1.29 is 14.3 Å². The molecule has 2 N–H and O–H groups in total. The maximum atomic E-state index is 13.6. The summed E-state index contributed by atoms with van der Waals surface area (Å²) in [6.07, 6.45) is -0.00880. The van der Waals surface area contributed by atoms with Gasteiger partial charge in [-0.2, -0.15) is 0 Å². The van der Waals surface area contributed by atoms with E-state index in [1.807, 2.05) is 13.8 Å². The molecule has 100 valence electrons. The highest BCUT2D eigenvalue weighted by molar-refractivity contribution is 9.10. The molecule has 5 heteroatoms. The summed E-state index contributed by atoms with van der Waals surface area (Å²) in [5.41, 5.74) is -0.0267. The second-order valence-corrected chi connectivity index (χ2v) is 5.45. The Bertz CT molecular complexity index is 423. The first-order valence-electron chi connectivity index (χ1n) is 5.82. The van der Waals surface area contributed by atoms with Crippen LogP contribution < -0.4 is 5.32 Å². The molecule has 1 rings (SSSR count). The molecule has 18 heavy (non-hydrogen) atoms. The first kappa shape index (κ1) is 15.1. The summed E-state index contributed by atoms with van der Waals surface area (Å²) in [5.74, 6) is -0.760. The van der Waals surface area contributed by atoms with E-state index in [0.717, 1.165) is 0 Å². The molecule has 0 aliphatic heterocycles. The lowest BCUT2D eigenvalue weighted by Gasteiger charge is -2.14. The Balaban J connectivity index is 2.58. The Hall–Kier alpha value is -0.940.